The molecule has 1 amide bonds. The van der Waals surface area contributed by atoms with E-state index in [-0.39, 0.29) is 0 Å². The predicted octanol–water partition coefficient (Wildman–Crippen LogP) is 0.124. The molecular formula is C5H6IN3O. The summed E-state index contributed by atoms with van der Waals surface area (Å²) in [5.74, 6) is -0.433. The van der Waals surface area contributed by atoms with E-state index in [2.05, 4.69) is 5.10 Å². The molecule has 0 radical (unpaired) electrons. The van der Waals surface area contributed by atoms with Crippen LogP contribution < -0.4 is 5.73 Å². The van der Waals surface area contributed by atoms with Crippen LogP contribution in [0, 0.1) is 3.70 Å². The van der Waals surface area contributed by atoms with Crippen molar-refractivity contribution in [2.24, 2.45) is 12.8 Å². The van der Waals surface area contributed by atoms with Gasteiger partial charge in [0, 0.05) is 13.2 Å². The number of nitrogens with zero attached hydrogens (tertiary/aromatic N) is 2. The van der Waals surface area contributed by atoms with Crippen LogP contribution in [0.25, 0.3) is 0 Å². The summed E-state index contributed by atoms with van der Waals surface area (Å²) >= 11 is 1.96. The third-order valence-electron chi connectivity index (χ3n) is 1.05. The molecule has 0 aromatic carbocycles. The molecular weight excluding hydrogens is 245 g/mol. The lowest BCUT2D eigenvalue weighted by Gasteiger charge is -1.84. The fourth-order valence-corrected chi connectivity index (χ4v) is 1.37. The van der Waals surface area contributed by atoms with Gasteiger partial charge in [-0.25, -0.2) is 0 Å². The van der Waals surface area contributed by atoms with E-state index in [0.29, 0.717) is 9.26 Å². The molecule has 0 atom stereocenters. The highest BCUT2D eigenvalue weighted by Gasteiger charge is 2.08. The van der Waals surface area contributed by atoms with Crippen LogP contribution in [0.4, 0.5) is 0 Å². The summed E-state index contributed by atoms with van der Waals surface area (Å²) in [5.41, 5.74) is 5.51. The maximum atomic E-state index is 10.6. The third kappa shape index (κ3) is 1.28. The molecule has 0 spiro atoms. The molecule has 1 rings (SSSR count). The molecule has 0 saturated carbocycles. The molecule has 0 aliphatic heterocycles. The first-order chi connectivity index (χ1) is 4.61. The van der Waals surface area contributed by atoms with E-state index in [0.717, 1.165) is 0 Å². The number of aromatic nitrogens is 2. The van der Waals surface area contributed by atoms with Crippen LogP contribution in [0.15, 0.2) is 6.20 Å². The van der Waals surface area contributed by atoms with Gasteiger partial charge in [-0.3, -0.25) is 9.48 Å². The number of primary amides is 1. The van der Waals surface area contributed by atoms with Crippen LogP contribution in [0.1, 0.15) is 10.4 Å². The third-order valence-corrected chi connectivity index (χ3v) is 1.85. The molecule has 54 valence electrons. The Morgan fingerprint density at radius 2 is 2.50 bits per heavy atom. The van der Waals surface area contributed by atoms with E-state index in [1.54, 1.807) is 17.9 Å². The largest absolute Gasteiger partial charge is 0.365 e. The van der Waals surface area contributed by atoms with E-state index in [1.165, 1.54) is 0 Å². The average Bonchev–Trinajstić information content (AvgIpc) is 2.10. The van der Waals surface area contributed by atoms with Gasteiger partial charge in [-0.15, -0.1) is 0 Å². The van der Waals surface area contributed by atoms with Crippen LogP contribution in [0.5, 0.6) is 0 Å². The van der Waals surface area contributed by atoms with Gasteiger partial charge in [-0.1, -0.05) is 0 Å². The highest BCUT2D eigenvalue weighted by molar-refractivity contribution is 14.1. The van der Waals surface area contributed by atoms with Crippen molar-refractivity contribution in [2.75, 3.05) is 0 Å². The Balaban J connectivity index is 3.15. The zero-order valence-electron chi connectivity index (χ0n) is 5.34. The monoisotopic (exact) mass is 251 g/mol. The first-order valence-corrected chi connectivity index (χ1v) is 3.68. The van der Waals surface area contributed by atoms with Gasteiger partial charge in [-0.05, 0) is 22.6 Å². The summed E-state index contributed by atoms with van der Waals surface area (Å²) < 4.78 is 2.20. The SMILES string of the molecule is Cn1cc(C(N)=O)c(I)n1. The number of rotatable bonds is 1. The zero-order valence-corrected chi connectivity index (χ0v) is 7.49. The van der Waals surface area contributed by atoms with Crippen LogP contribution in [0.3, 0.4) is 0 Å². The maximum Gasteiger partial charge on any atom is 0.253 e. The highest BCUT2D eigenvalue weighted by Crippen LogP contribution is 2.07. The number of carbonyl (C=O) groups excluding carboxylic acids is 1. The number of aryl methyl sites for hydroxylation is 1. The predicted molar refractivity (Wildman–Crippen MR) is 44.4 cm³/mol. The Morgan fingerprint density at radius 3 is 2.70 bits per heavy atom. The van der Waals surface area contributed by atoms with Gasteiger partial charge in [0.05, 0.1) is 5.56 Å². The van der Waals surface area contributed by atoms with Gasteiger partial charge in [0.15, 0.2) is 0 Å². The molecule has 0 unspecified atom stereocenters. The quantitative estimate of drug-likeness (QED) is 0.721. The van der Waals surface area contributed by atoms with E-state index in [9.17, 15) is 4.79 Å². The minimum absolute atomic E-state index is 0.433. The van der Waals surface area contributed by atoms with Gasteiger partial charge in [-0.2, -0.15) is 5.10 Å². The fraction of sp³-hybridized carbons (Fsp3) is 0.200. The molecule has 1 heterocycles. The van der Waals surface area contributed by atoms with Gasteiger partial charge >= 0.3 is 0 Å². The number of nitrogens with two attached hydrogens (primary N) is 1. The van der Waals surface area contributed by atoms with Gasteiger partial charge in [0.25, 0.3) is 5.91 Å². The first-order valence-electron chi connectivity index (χ1n) is 2.60. The molecule has 10 heavy (non-hydrogen) atoms. The number of amides is 1. The van der Waals surface area contributed by atoms with Crippen LogP contribution >= 0.6 is 22.6 Å². The summed E-state index contributed by atoms with van der Waals surface area (Å²) in [6.07, 6.45) is 1.60. The standard InChI is InChI=1S/C5H6IN3O/c1-9-2-3(5(7)10)4(6)8-9/h2H,1H3,(H2,7,10). The molecule has 4 nitrogen and oxygen atoms in total. The molecule has 2 N–H and O–H groups in total. The average molecular weight is 251 g/mol. The molecule has 1 aromatic rings. The molecule has 0 aliphatic carbocycles. The molecule has 5 heteroatoms. The van der Waals surface area contributed by atoms with Crippen LogP contribution in [-0.4, -0.2) is 15.7 Å². The van der Waals surface area contributed by atoms with Crippen LogP contribution in [-0.2, 0) is 7.05 Å². The summed E-state index contributed by atoms with van der Waals surface area (Å²) in [4.78, 5) is 10.6. The summed E-state index contributed by atoms with van der Waals surface area (Å²) in [6.45, 7) is 0. The second-order valence-corrected chi connectivity index (χ2v) is 2.89. The van der Waals surface area contributed by atoms with Crippen molar-refractivity contribution >= 4 is 28.5 Å². The van der Waals surface area contributed by atoms with E-state index < -0.39 is 5.91 Å². The van der Waals surface area contributed by atoms with E-state index in [4.69, 9.17) is 5.73 Å². The minimum atomic E-state index is -0.433. The Morgan fingerprint density at radius 1 is 1.90 bits per heavy atom. The Hall–Kier alpha value is -0.590. The van der Waals surface area contributed by atoms with Crippen molar-refractivity contribution < 1.29 is 4.79 Å². The summed E-state index contributed by atoms with van der Waals surface area (Å²) in [7, 11) is 1.74. The number of hydrogen-bond donors (Lipinski definition) is 1. The van der Waals surface area contributed by atoms with Crippen molar-refractivity contribution in [1.82, 2.24) is 9.78 Å². The maximum absolute atomic E-state index is 10.6. The number of carbonyl (C=O) groups is 1. The second kappa shape index (κ2) is 2.57. The Labute approximate surface area is 71.5 Å². The Kier molecular flexibility index (Phi) is 1.93. The smallest absolute Gasteiger partial charge is 0.253 e. The molecule has 0 fully saturated rings. The molecule has 1 aromatic heterocycles. The normalized spacial score (nSPS) is 9.80. The van der Waals surface area contributed by atoms with Crippen molar-refractivity contribution in [3.63, 3.8) is 0 Å². The van der Waals surface area contributed by atoms with Gasteiger partial charge in [0.2, 0.25) is 0 Å². The second-order valence-electron chi connectivity index (χ2n) is 1.87. The Bertz CT molecular complexity index is 268. The van der Waals surface area contributed by atoms with Gasteiger partial charge < -0.3 is 5.73 Å². The highest BCUT2D eigenvalue weighted by atomic mass is 127. The molecule has 0 aliphatic rings. The lowest BCUT2D eigenvalue weighted by molar-refractivity contribution is 0.0999. The van der Waals surface area contributed by atoms with Crippen molar-refractivity contribution in [3.8, 4) is 0 Å². The van der Waals surface area contributed by atoms with Crippen molar-refractivity contribution in [2.45, 2.75) is 0 Å². The number of halogens is 1. The van der Waals surface area contributed by atoms with Crippen molar-refractivity contribution in [1.29, 1.82) is 0 Å². The topological polar surface area (TPSA) is 60.9 Å². The minimum Gasteiger partial charge on any atom is -0.365 e. The van der Waals surface area contributed by atoms with Crippen molar-refractivity contribution in [3.05, 3.63) is 15.5 Å². The van der Waals surface area contributed by atoms with Crippen LogP contribution in [0.2, 0.25) is 0 Å². The molecule has 0 saturated heterocycles. The van der Waals surface area contributed by atoms with Gasteiger partial charge in [0.1, 0.15) is 3.70 Å². The first kappa shape index (κ1) is 7.52. The zero-order chi connectivity index (χ0) is 7.72. The lowest BCUT2D eigenvalue weighted by Crippen LogP contribution is -2.11. The lowest BCUT2D eigenvalue weighted by atomic mass is 10.4. The van der Waals surface area contributed by atoms with E-state index in [1.807, 2.05) is 22.6 Å². The number of hydrogen-bond acceptors (Lipinski definition) is 2. The molecule has 0 bridgehead atoms. The summed E-state index contributed by atoms with van der Waals surface area (Å²) in [5, 5.41) is 3.93. The fourth-order valence-electron chi connectivity index (χ4n) is 0.627. The van der Waals surface area contributed by atoms with E-state index >= 15 is 0 Å². The summed E-state index contributed by atoms with van der Waals surface area (Å²) in [6, 6.07) is 0.